The lowest BCUT2D eigenvalue weighted by Crippen LogP contribution is -2.11. The topological polar surface area (TPSA) is 56.0 Å². The molecule has 0 aliphatic carbocycles. The Hall–Kier alpha value is -1.90. The Morgan fingerprint density at radius 3 is 2.75 bits per heavy atom. The van der Waals surface area contributed by atoms with Crippen LogP contribution < -0.4 is 5.73 Å². The second-order valence-electron chi connectivity index (χ2n) is 5.34. The lowest BCUT2D eigenvalue weighted by molar-refractivity contribution is -0.117. The Labute approximate surface area is 120 Å². The third-order valence-electron chi connectivity index (χ3n) is 3.55. The molecule has 1 aromatic heterocycles. The van der Waals surface area contributed by atoms with Gasteiger partial charge in [-0.15, -0.1) is 0 Å². The van der Waals surface area contributed by atoms with Crippen molar-refractivity contribution < 1.29 is 4.79 Å². The van der Waals surface area contributed by atoms with Crippen molar-refractivity contribution in [1.82, 2.24) is 4.98 Å². The summed E-state index contributed by atoms with van der Waals surface area (Å²) < 4.78 is 0. The molecule has 3 heteroatoms. The molecule has 0 radical (unpaired) electrons. The van der Waals surface area contributed by atoms with E-state index in [0.29, 0.717) is 12.8 Å². The molecule has 0 saturated carbocycles. The van der Waals surface area contributed by atoms with Crippen molar-refractivity contribution in [2.75, 3.05) is 0 Å². The van der Waals surface area contributed by atoms with Crippen LogP contribution in [0.1, 0.15) is 43.0 Å². The Morgan fingerprint density at radius 1 is 1.25 bits per heavy atom. The van der Waals surface area contributed by atoms with Gasteiger partial charge in [0, 0.05) is 17.5 Å². The molecule has 0 fully saturated rings. The normalized spacial score (nSPS) is 10.9. The second kappa shape index (κ2) is 6.51. The summed E-state index contributed by atoms with van der Waals surface area (Å²) in [5.41, 5.74) is 9.76. The molecule has 0 saturated heterocycles. The molecule has 0 spiro atoms. The highest BCUT2D eigenvalue weighted by molar-refractivity contribution is 5.84. The highest BCUT2D eigenvalue weighted by Crippen LogP contribution is 2.22. The van der Waals surface area contributed by atoms with E-state index in [0.717, 1.165) is 23.0 Å². The maximum Gasteiger partial charge on any atom is 0.217 e. The zero-order chi connectivity index (χ0) is 14.5. The average molecular weight is 270 g/mol. The van der Waals surface area contributed by atoms with E-state index in [-0.39, 0.29) is 5.91 Å². The standard InChI is InChI=1S/C17H22N2O/c1-3-4-5-13-6-8-16-15(11-13)14(7-9-17(18)20)10-12(2)19-16/h6,8,10-11H,3-5,7,9H2,1-2H3,(H2,18,20). The summed E-state index contributed by atoms with van der Waals surface area (Å²) in [5, 5.41) is 1.16. The lowest BCUT2D eigenvalue weighted by Gasteiger charge is -2.09. The molecule has 0 bridgehead atoms. The number of hydrogen-bond donors (Lipinski definition) is 1. The Kier molecular flexibility index (Phi) is 4.72. The van der Waals surface area contributed by atoms with Gasteiger partial charge in [0.05, 0.1) is 5.52 Å². The van der Waals surface area contributed by atoms with Gasteiger partial charge in [0.25, 0.3) is 0 Å². The SMILES string of the molecule is CCCCc1ccc2nc(C)cc(CCC(N)=O)c2c1. The molecule has 0 atom stereocenters. The first kappa shape index (κ1) is 14.5. The maximum atomic E-state index is 11.0. The van der Waals surface area contributed by atoms with Crippen molar-refractivity contribution in [1.29, 1.82) is 0 Å². The number of carbonyl (C=O) groups is 1. The number of hydrogen-bond acceptors (Lipinski definition) is 2. The fraction of sp³-hybridized carbons (Fsp3) is 0.412. The monoisotopic (exact) mass is 270 g/mol. The van der Waals surface area contributed by atoms with Crippen molar-refractivity contribution in [2.45, 2.75) is 46.0 Å². The van der Waals surface area contributed by atoms with Crippen LogP contribution >= 0.6 is 0 Å². The third kappa shape index (κ3) is 3.56. The molecular formula is C17H22N2O. The molecule has 106 valence electrons. The quantitative estimate of drug-likeness (QED) is 0.875. The number of nitrogens with zero attached hydrogens (tertiary/aromatic N) is 1. The summed E-state index contributed by atoms with van der Waals surface area (Å²) in [7, 11) is 0. The highest BCUT2D eigenvalue weighted by atomic mass is 16.1. The summed E-state index contributed by atoms with van der Waals surface area (Å²) in [6.45, 7) is 4.18. The number of aryl methyl sites for hydroxylation is 3. The molecule has 0 unspecified atom stereocenters. The van der Waals surface area contributed by atoms with E-state index in [4.69, 9.17) is 5.73 Å². The second-order valence-corrected chi connectivity index (χ2v) is 5.34. The number of fused-ring (bicyclic) bond motifs is 1. The summed E-state index contributed by atoms with van der Waals surface area (Å²) in [6.07, 6.45) is 4.56. The first-order valence-corrected chi connectivity index (χ1v) is 7.27. The highest BCUT2D eigenvalue weighted by Gasteiger charge is 2.07. The van der Waals surface area contributed by atoms with E-state index >= 15 is 0 Å². The number of unbranched alkanes of at least 4 members (excludes halogenated alkanes) is 1. The molecule has 2 aromatic rings. The molecule has 1 amide bonds. The molecule has 2 N–H and O–H groups in total. The number of primary amides is 1. The average Bonchev–Trinajstić information content (AvgIpc) is 2.42. The van der Waals surface area contributed by atoms with Crippen molar-refractivity contribution in [3.8, 4) is 0 Å². The molecule has 1 aromatic carbocycles. The van der Waals surface area contributed by atoms with Gasteiger partial charge in [0.15, 0.2) is 0 Å². The van der Waals surface area contributed by atoms with Crippen molar-refractivity contribution in [2.24, 2.45) is 5.73 Å². The van der Waals surface area contributed by atoms with Crippen molar-refractivity contribution >= 4 is 16.8 Å². The summed E-state index contributed by atoms with van der Waals surface area (Å²) in [5.74, 6) is -0.255. The summed E-state index contributed by atoms with van der Waals surface area (Å²) in [4.78, 5) is 15.6. The fourth-order valence-corrected chi connectivity index (χ4v) is 2.49. The zero-order valence-corrected chi connectivity index (χ0v) is 12.3. The van der Waals surface area contributed by atoms with Crippen LogP contribution in [0, 0.1) is 6.92 Å². The van der Waals surface area contributed by atoms with Crippen molar-refractivity contribution in [3.05, 3.63) is 41.1 Å². The number of benzene rings is 1. The third-order valence-corrected chi connectivity index (χ3v) is 3.55. The van der Waals surface area contributed by atoms with Gasteiger partial charge in [-0.1, -0.05) is 19.4 Å². The summed E-state index contributed by atoms with van der Waals surface area (Å²) in [6, 6.07) is 8.52. The van der Waals surface area contributed by atoms with Crippen LogP contribution in [0.4, 0.5) is 0 Å². The Balaban J connectivity index is 2.39. The molecule has 20 heavy (non-hydrogen) atoms. The molecule has 2 rings (SSSR count). The van der Waals surface area contributed by atoms with Gasteiger partial charge in [0.2, 0.25) is 5.91 Å². The van der Waals surface area contributed by atoms with Crippen LogP contribution in [0.25, 0.3) is 10.9 Å². The van der Waals surface area contributed by atoms with Gasteiger partial charge >= 0.3 is 0 Å². The first-order valence-electron chi connectivity index (χ1n) is 7.27. The van der Waals surface area contributed by atoms with E-state index in [1.165, 1.54) is 24.0 Å². The lowest BCUT2D eigenvalue weighted by atomic mass is 9.99. The zero-order valence-electron chi connectivity index (χ0n) is 12.3. The minimum absolute atomic E-state index is 0.255. The van der Waals surface area contributed by atoms with Crippen LogP contribution in [-0.4, -0.2) is 10.9 Å². The van der Waals surface area contributed by atoms with E-state index in [1.54, 1.807) is 0 Å². The van der Waals surface area contributed by atoms with Gasteiger partial charge in [0.1, 0.15) is 0 Å². The van der Waals surface area contributed by atoms with Crippen LogP contribution in [0.5, 0.6) is 0 Å². The van der Waals surface area contributed by atoms with E-state index in [9.17, 15) is 4.79 Å². The van der Waals surface area contributed by atoms with Gasteiger partial charge in [-0.2, -0.15) is 0 Å². The van der Waals surface area contributed by atoms with Crippen LogP contribution in [0.2, 0.25) is 0 Å². The number of carbonyl (C=O) groups excluding carboxylic acids is 1. The fourth-order valence-electron chi connectivity index (χ4n) is 2.49. The predicted octanol–water partition coefficient (Wildman–Crippen LogP) is 3.30. The molecule has 0 aliphatic heterocycles. The van der Waals surface area contributed by atoms with E-state index in [1.807, 2.05) is 6.92 Å². The number of amides is 1. The first-order chi connectivity index (χ1) is 9.60. The van der Waals surface area contributed by atoms with Crippen molar-refractivity contribution in [3.63, 3.8) is 0 Å². The number of aromatic nitrogens is 1. The Bertz CT molecular complexity index is 620. The predicted molar refractivity (Wildman–Crippen MR) is 82.6 cm³/mol. The number of pyridine rings is 1. The number of nitrogens with two attached hydrogens (primary N) is 1. The van der Waals surface area contributed by atoms with Crippen LogP contribution in [0.3, 0.4) is 0 Å². The van der Waals surface area contributed by atoms with E-state index in [2.05, 4.69) is 36.2 Å². The summed E-state index contributed by atoms with van der Waals surface area (Å²) >= 11 is 0. The van der Waals surface area contributed by atoms with Crippen LogP contribution in [0.15, 0.2) is 24.3 Å². The Morgan fingerprint density at radius 2 is 2.05 bits per heavy atom. The smallest absolute Gasteiger partial charge is 0.217 e. The molecular weight excluding hydrogens is 248 g/mol. The van der Waals surface area contributed by atoms with Gasteiger partial charge in [-0.3, -0.25) is 9.78 Å². The van der Waals surface area contributed by atoms with Gasteiger partial charge < -0.3 is 5.73 Å². The molecule has 1 heterocycles. The van der Waals surface area contributed by atoms with Gasteiger partial charge in [-0.25, -0.2) is 0 Å². The maximum absolute atomic E-state index is 11.0. The van der Waals surface area contributed by atoms with Gasteiger partial charge in [-0.05, 0) is 55.5 Å². The minimum atomic E-state index is -0.255. The number of rotatable bonds is 6. The van der Waals surface area contributed by atoms with E-state index < -0.39 is 0 Å². The van der Waals surface area contributed by atoms with Crippen LogP contribution in [-0.2, 0) is 17.6 Å². The molecule has 3 nitrogen and oxygen atoms in total. The minimum Gasteiger partial charge on any atom is -0.370 e. The molecule has 0 aliphatic rings. The largest absolute Gasteiger partial charge is 0.370 e.